The summed E-state index contributed by atoms with van der Waals surface area (Å²) >= 11 is 0. The fraction of sp³-hybridized carbons (Fsp3) is 0.948. The number of aliphatic hydroxyl groups is 1. The van der Waals surface area contributed by atoms with Crippen molar-refractivity contribution in [2.45, 2.75) is 419 Å². The molecule has 2 unspecified atom stereocenters. The zero-order valence-electron chi connectivity index (χ0n) is 62.7. The first-order valence-corrected chi connectivity index (χ1v) is 43.0. The molecule has 19 heteroatoms. The Morgan fingerprint density at radius 3 is 0.708 bits per heavy atom. The fourth-order valence-corrected chi connectivity index (χ4v) is 13.4. The maximum Gasteiger partial charge on any atom is 0.472 e. The molecule has 0 spiro atoms. The minimum absolute atomic E-state index is 0.105. The molecule has 0 aromatic heterocycles. The number of hydrogen-bond donors (Lipinski definition) is 3. The van der Waals surface area contributed by atoms with E-state index in [0.717, 1.165) is 108 Å². The summed E-state index contributed by atoms with van der Waals surface area (Å²) in [6.07, 6.45) is 57.4. The van der Waals surface area contributed by atoms with Gasteiger partial charge in [0.05, 0.1) is 26.4 Å². The van der Waals surface area contributed by atoms with Gasteiger partial charge in [0, 0.05) is 25.7 Å². The summed E-state index contributed by atoms with van der Waals surface area (Å²) in [4.78, 5) is 72.6. The van der Waals surface area contributed by atoms with Crippen LogP contribution in [0.25, 0.3) is 0 Å². The summed E-state index contributed by atoms with van der Waals surface area (Å²) in [6, 6.07) is 0. The summed E-state index contributed by atoms with van der Waals surface area (Å²) in [5.41, 5.74) is 0. The highest BCUT2D eigenvalue weighted by Gasteiger charge is 2.30. The molecule has 0 aliphatic rings. The first kappa shape index (κ1) is 94.1. The van der Waals surface area contributed by atoms with Crippen LogP contribution in [0.4, 0.5) is 0 Å². The van der Waals surface area contributed by atoms with Crippen LogP contribution in [0.3, 0.4) is 0 Å². The third-order valence-corrected chi connectivity index (χ3v) is 19.9. The molecule has 5 atom stereocenters. The molecule has 0 amide bonds. The van der Waals surface area contributed by atoms with E-state index in [4.69, 9.17) is 37.0 Å². The fourth-order valence-electron chi connectivity index (χ4n) is 11.8. The van der Waals surface area contributed by atoms with Crippen molar-refractivity contribution in [3.8, 4) is 0 Å². The predicted octanol–water partition coefficient (Wildman–Crippen LogP) is 22.7. The van der Waals surface area contributed by atoms with Gasteiger partial charge in [-0.2, -0.15) is 0 Å². The maximum atomic E-state index is 13.1. The average Bonchev–Trinajstić information content (AvgIpc) is 2.06. The van der Waals surface area contributed by atoms with Crippen molar-refractivity contribution < 1.29 is 80.2 Å². The lowest BCUT2D eigenvalue weighted by molar-refractivity contribution is -0.161. The monoisotopic (exact) mass is 1410 g/mol. The summed E-state index contributed by atoms with van der Waals surface area (Å²) in [5.74, 6) is -0.568. The molecule has 0 aliphatic carbocycles. The number of hydrogen-bond acceptors (Lipinski definition) is 15. The number of phosphoric acid groups is 2. The summed E-state index contributed by atoms with van der Waals surface area (Å²) in [5, 5.41) is 10.6. The summed E-state index contributed by atoms with van der Waals surface area (Å²) in [7, 11) is -9.90. The van der Waals surface area contributed by atoms with Crippen molar-refractivity contribution in [2.24, 2.45) is 11.8 Å². The van der Waals surface area contributed by atoms with Crippen molar-refractivity contribution in [1.29, 1.82) is 0 Å². The van der Waals surface area contributed by atoms with Crippen molar-refractivity contribution in [3.63, 3.8) is 0 Å². The molecule has 96 heavy (non-hydrogen) atoms. The van der Waals surface area contributed by atoms with E-state index in [-0.39, 0.29) is 25.7 Å². The Balaban J connectivity index is 5.13. The minimum atomic E-state index is -4.96. The molecule has 3 N–H and O–H groups in total. The number of phosphoric ester groups is 2. The summed E-state index contributed by atoms with van der Waals surface area (Å²) < 4.78 is 68.3. The Hall–Kier alpha value is -1.94. The van der Waals surface area contributed by atoms with E-state index >= 15 is 0 Å². The zero-order chi connectivity index (χ0) is 70.7. The van der Waals surface area contributed by atoms with Gasteiger partial charge in [0.1, 0.15) is 19.3 Å². The molecule has 0 aromatic carbocycles. The summed E-state index contributed by atoms with van der Waals surface area (Å²) in [6.45, 7) is 9.53. The molecule has 0 rings (SSSR count). The number of unbranched alkanes of at least 4 members (excludes halogenated alkanes) is 46. The lowest BCUT2D eigenvalue weighted by Crippen LogP contribution is -2.30. The first-order valence-electron chi connectivity index (χ1n) is 40.0. The highest BCUT2D eigenvalue weighted by molar-refractivity contribution is 7.47. The molecule has 0 saturated heterocycles. The van der Waals surface area contributed by atoms with Gasteiger partial charge in [-0.3, -0.25) is 37.3 Å². The van der Waals surface area contributed by atoms with Gasteiger partial charge in [-0.05, 0) is 37.5 Å². The van der Waals surface area contributed by atoms with Gasteiger partial charge in [0.25, 0.3) is 0 Å². The van der Waals surface area contributed by atoms with Crippen molar-refractivity contribution in [1.82, 2.24) is 0 Å². The van der Waals surface area contributed by atoms with Crippen molar-refractivity contribution >= 4 is 39.5 Å². The zero-order valence-corrected chi connectivity index (χ0v) is 64.5. The van der Waals surface area contributed by atoms with Crippen LogP contribution in [0.5, 0.6) is 0 Å². The molecule has 0 aromatic rings. The van der Waals surface area contributed by atoms with Gasteiger partial charge in [0.15, 0.2) is 12.2 Å². The number of rotatable bonds is 76. The predicted molar refractivity (Wildman–Crippen MR) is 391 cm³/mol. The second kappa shape index (κ2) is 68.8. The highest BCUT2D eigenvalue weighted by Crippen LogP contribution is 2.45. The van der Waals surface area contributed by atoms with Crippen LogP contribution in [0, 0.1) is 11.8 Å². The number of aliphatic hydroxyl groups excluding tert-OH is 1. The van der Waals surface area contributed by atoms with Crippen molar-refractivity contribution in [3.05, 3.63) is 0 Å². The van der Waals surface area contributed by atoms with E-state index < -0.39 is 97.5 Å². The van der Waals surface area contributed by atoms with Crippen LogP contribution < -0.4 is 0 Å². The quantitative estimate of drug-likeness (QED) is 0.0222. The Bertz CT molecular complexity index is 1860. The molecule has 0 heterocycles. The molecular formula is C77H150O17P2. The smallest absolute Gasteiger partial charge is 0.462 e. The van der Waals surface area contributed by atoms with E-state index in [1.54, 1.807) is 0 Å². The number of esters is 4. The van der Waals surface area contributed by atoms with Gasteiger partial charge in [-0.1, -0.05) is 350 Å². The Labute approximate surface area is 588 Å². The van der Waals surface area contributed by atoms with Gasteiger partial charge >= 0.3 is 39.5 Å². The third kappa shape index (κ3) is 70.5. The standard InChI is InChI=1S/C77H150O17P2/c1-7-9-11-13-14-15-16-17-18-19-20-21-22-25-29-32-38-43-49-55-61-77(82)94-73(66-88-75(80)60-54-48-42-37-31-28-26-23-24-27-30-35-40-46-51-57-69(3)4)68-92-96(85,86)90-64-71(78)63-89-95(83,84)91-67-72(65-87-74(79)59-53-45-12-10-8-2)93-76(81)62-56-50-44-39-34-33-36-41-47-52-58-70(5)6/h69-73,78H,7-68H2,1-6H3,(H,83,84)(H,85,86)/t71-,72+,73+/m0/s1. The van der Waals surface area contributed by atoms with Crippen LogP contribution >= 0.6 is 15.6 Å². The first-order chi connectivity index (χ1) is 46.4. The Morgan fingerprint density at radius 1 is 0.281 bits per heavy atom. The number of carbonyl (C=O) groups excluding carboxylic acids is 4. The minimum Gasteiger partial charge on any atom is -0.462 e. The Kier molecular flexibility index (Phi) is 67.4. The van der Waals surface area contributed by atoms with Crippen LogP contribution in [-0.2, 0) is 65.4 Å². The number of carbonyl (C=O) groups is 4. The van der Waals surface area contributed by atoms with E-state index in [9.17, 15) is 43.2 Å². The molecule has 0 fully saturated rings. The van der Waals surface area contributed by atoms with Crippen LogP contribution in [0.15, 0.2) is 0 Å². The van der Waals surface area contributed by atoms with Gasteiger partial charge < -0.3 is 33.8 Å². The van der Waals surface area contributed by atoms with Gasteiger partial charge in [0.2, 0.25) is 0 Å². The maximum absolute atomic E-state index is 13.1. The van der Waals surface area contributed by atoms with Crippen LogP contribution in [0.1, 0.15) is 401 Å². The normalized spacial score (nSPS) is 14.0. The van der Waals surface area contributed by atoms with E-state index in [1.165, 1.54) is 212 Å². The molecule has 0 radical (unpaired) electrons. The van der Waals surface area contributed by atoms with Gasteiger partial charge in [-0.25, -0.2) is 9.13 Å². The second-order valence-corrected chi connectivity index (χ2v) is 31.6. The number of ether oxygens (including phenoxy) is 4. The lowest BCUT2D eigenvalue weighted by atomic mass is 10.0. The van der Waals surface area contributed by atoms with Crippen molar-refractivity contribution in [2.75, 3.05) is 39.6 Å². The van der Waals surface area contributed by atoms with E-state index in [0.29, 0.717) is 25.7 Å². The molecular weight excluding hydrogens is 1260 g/mol. The third-order valence-electron chi connectivity index (χ3n) is 18.0. The van der Waals surface area contributed by atoms with Crippen LogP contribution in [-0.4, -0.2) is 96.7 Å². The van der Waals surface area contributed by atoms with Crippen LogP contribution in [0.2, 0.25) is 0 Å². The topological polar surface area (TPSA) is 237 Å². The molecule has 17 nitrogen and oxygen atoms in total. The largest absolute Gasteiger partial charge is 0.472 e. The second-order valence-electron chi connectivity index (χ2n) is 28.7. The van der Waals surface area contributed by atoms with E-state index in [1.807, 2.05) is 0 Å². The molecule has 0 aliphatic heterocycles. The SMILES string of the molecule is CCCCCCCCCCCCCCCCCCCCCCC(=O)O[C@H](COC(=O)CCCCCCCCCCCCCCCCCC(C)C)COP(=O)(O)OC[C@@H](O)COP(=O)(O)OC[C@@H](COC(=O)CCCCCCC)OC(=O)CCCCCCCCCCCCC(C)C. The molecule has 570 valence electrons. The lowest BCUT2D eigenvalue weighted by Gasteiger charge is -2.21. The molecule has 0 bridgehead atoms. The van der Waals surface area contributed by atoms with E-state index in [2.05, 4.69) is 41.5 Å². The molecule has 0 saturated carbocycles. The van der Waals surface area contributed by atoms with Gasteiger partial charge in [-0.15, -0.1) is 0 Å². The highest BCUT2D eigenvalue weighted by atomic mass is 31.2. The average molecular weight is 1410 g/mol. The Morgan fingerprint density at radius 2 is 0.479 bits per heavy atom.